The number of ether oxygens (including phenoxy) is 2. The van der Waals surface area contributed by atoms with E-state index in [1.54, 1.807) is 18.2 Å². The van der Waals surface area contributed by atoms with Crippen LogP contribution in [0.5, 0.6) is 11.5 Å². The first-order valence-electron chi connectivity index (χ1n) is 10.1. The van der Waals surface area contributed by atoms with Gasteiger partial charge in [-0.25, -0.2) is 13.2 Å². The van der Waals surface area contributed by atoms with Gasteiger partial charge in [0.2, 0.25) is 5.91 Å². The summed E-state index contributed by atoms with van der Waals surface area (Å²) < 4.78 is 34.2. The summed E-state index contributed by atoms with van der Waals surface area (Å²) in [4.78, 5) is 28.5. The third-order valence-corrected chi connectivity index (χ3v) is 7.30. The SMILES string of the molecule is O=C(CN1CCN([C@@H]2CCS(=O)(=O)C2)CC1)NC(=O)Nc1ccc2c(c1)OCCO2. The number of hydrogen-bond acceptors (Lipinski definition) is 8. The summed E-state index contributed by atoms with van der Waals surface area (Å²) in [6.07, 6.45) is 0.683. The fourth-order valence-electron chi connectivity index (χ4n) is 4.00. The first-order valence-corrected chi connectivity index (χ1v) is 11.9. The molecule has 1 aromatic rings. The fourth-order valence-corrected chi connectivity index (χ4v) is 5.76. The standard InChI is InChI=1S/C19H26N4O6S/c24-18(12-22-4-6-23(7-5-22)15-3-10-30(26,27)13-15)21-19(25)20-14-1-2-16-17(11-14)29-9-8-28-16/h1-2,11,15H,3-10,12-13H2,(H2,20,21,24,25)/t15-/m1/s1. The van der Waals surface area contributed by atoms with E-state index in [9.17, 15) is 18.0 Å². The number of urea groups is 1. The maximum Gasteiger partial charge on any atom is 0.325 e. The summed E-state index contributed by atoms with van der Waals surface area (Å²) in [6, 6.07) is 4.52. The Morgan fingerprint density at radius 1 is 1.07 bits per heavy atom. The molecule has 164 valence electrons. The van der Waals surface area contributed by atoms with Gasteiger partial charge in [-0.2, -0.15) is 0 Å². The van der Waals surface area contributed by atoms with Crippen molar-refractivity contribution in [2.75, 3.05) is 62.8 Å². The molecule has 0 saturated carbocycles. The number of imide groups is 1. The number of carbonyl (C=O) groups excluding carboxylic acids is 2. The van der Waals surface area contributed by atoms with Crippen molar-refractivity contribution in [2.24, 2.45) is 0 Å². The Labute approximate surface area is 175 Å². The molecule has 3 amide bonds. The van der Waals surface area contributed by atoms with Crippen molar-refractivity contribution in [1.29, 1.82) is 0 Å². The van der Waals surface area contributed by atoms with Gasteiger partial charge in [-0.15, -0.1) is 0 Å². The molecule has 0 unspecified atom stereocenters. The number of carbonyl (C=O) groups is 2. The molecule has 2 N–H and O–H groups in total. The van der Waals surface area contributed by atoms with Crippen LogP contribution >= 0.6 is 0 Å². The van der Waals surface area contributed by atoms with Gasteiger partial charge < -0.3 is 14.8 Å². The Balaban J connectivity index is 1.20. The van der Waals surface area contributed by atoms with Crippen molar-refractivity contribution < 1.29 is 27.5 Å². The number of sulfone groups is 1. The molecule has 30 heavy (non-hydrogen) atoms. The number of hydrogen-bond donors (Lipinski definition) is 2. The Hall–Kier alpha value is -2.37. The molecule has 0 spiro atoms. The van der Waals surface area contributed by atoms with Crippen LogP contribution in [0.2, 0.25) is 0 Å². The van der Waals surface area contributed by atoms with Crippen LogP contribution in [0.25, 0.3) is 0 Å². The average molecular weight is 439 g/mol. The lowest BCUT2D eigenvalue weighted by molar-refractivity contribution is -0.121. The molecule has 0 bridgehead atoms. The normalized spacial score (nSPS) is 23.7. The molecular weight excluding hydrogens is 412 g/mol. The van der Waals surface area contributed by atoms with Gasteiger partial charge >= 0.3 is 6.03 Å². The molecule has 10 nitrogen and oxygen atoms in total. The van der Waals surface area contributed by atoms with Gasteiger partial charge in [-0.1, -0.05) is 0 Å². The largest absolute Gasteiger partial charge is 0.486 e. The summed E-state index contributed by atoms with van der Waals surface area (Å²) in [5, 5.41) is 4.96. The van der Waals surface area contributed by atoms with Crippen molar-refractivity contribution in [3.05, 3.63) is 18.2 Å². The number of anilines is 1. The highest BCUT2D eigenvalue weighted by Gasteiger charge is 2.33. The molecule has 4 rings (SSSR count). The molecule has 0 aromatic heterocycles. The van der Waals surface area contributed by atoms with Crippen molar-refractivity contribution in [2.45, 2.75) is 12.5 Å². The zero-order valence-corrected chi connectivity index (χ0v) is 17.4. The second kappa shape index (κ2) is 8.78. The van der Waals surface area contributed by atoms with Crippen molar-refractivity contribution >= 4 is 27.5 Å². The maximum atomic E-state index is 12.2. The highest BCUT2D eigenvalue weighted by Crippen LogP contribution is 2.32. The van der Waals surface area contributed by atoms with Gasteiger partial charge in [0.25, 0.3) is 0 Å². The summed E-state index contributed by atoms with van der Waals surface area (Å²) in [6.45, 7) is 3.81. The number of nitrogens with zero attached hydrogens (tertiary/aromatic N) is 2. The van der Waals surface area contributed by atoms with Gasteiger partial charge in [-0.05, 0) is 18.6 Å². The van der Waals surface area contributed by atoms with Gasteiger partial charge in [0.1, 0.15) is 13.2 Å². The van der Waals surface area contributed by atoms with E-state index in [0.29, 0.717) is 49.9 Å². The van der Waals surface area contributed by atoms with Crippen LogP contribution in [0.15, 0.2) is 18.2 Å². The summed E-state index contributed by atoms with van der Waals surface area (Å²) in [5.41, 5.74) is 0.504. The second-order valence-corrected chi connectivity index (χ2v) is 9.96. The molecule has 0 aliphatic carbocycles. The van der Waals surface area contributed by atoms with E-state index in [1.807, 2.05) is 4.90 Å². The van der Waals surface area contributed by atoms with E-state index in [4.69, 9.17) is 9.47 Å². The van der Waals surface area contributed by atoms with Crippen molar-refractivity contribution in [1.82, 2.24) is 15.1 Å². The van der Waals surface area contributed by atoms with Crippen molar-refractivity contribution in [3.63, 3.8) is 0 Å². The molecule has 11 heteroatoms. The van der Waals surface area contributed by atoms with E-state index in [1.165, 1.54) is 0 Å². The number of fused-ring (bicyclic) bond motifs is 1. The van der Waals surface area contributed by atoms with Crippen molar-refractivity contribution in [3.8, 4) is 11.5 Å². The topological polar surface area (TPSA) is 117 Å². The summed E-state index contributed by atoms with van der Waals surface area (Å²) in [5.74, 6) is 1.28. The predicted octanol–water partition coefficient (Wildman–Crippen LogP) is -0.0894. The molecule has 0 radical (unpaired) electrons. The van der Waals surface area contributed by atoms with E-state index in [-0.39, 0.29) is 30.0 Å². The number of benzene rings is 1. The van der Waals surface area contributed by atoms with E-state index in [2.05, 4.69) is 15.5 Å². The number of piperazine rings is 1. The van der Waals surface area contributed by atoms with Crippen LogP contribution in [-0.4, -0.2) is 93.6 Å². The molecule has 1 aromatic carbocycles. The number of rotatable bonds is 4. The molecule has 3 aliphatic rings. The highest BCUT2D eigenvalue weighted by molar-refractivity contribution is 7.91. The third kappa shape index (κ3) is 5.21. The summed E-state index contributed by atoms with van der Waals surface area (Å²) >= 11 is 0. The second-order valence-electron chi connectivity index (χ2n) is 7.73. The minimum Gasteiger partial charge on any atom is -0.486 e. The highest BCUT2D eigenvalue weighted by atomic mass is 32.2. The lowest BCUT2D eigenvalue weighted by Crippen LogP contribution is -2.53. The Morgan fingerprint density at radius 2 is 1.80 bits per heavy atom. The first kappa shape index (κ1) is 20.9. The Bertz CT molecular complexity index is 914. The van der Waals surface area contributed by atoms with Crippen LogP contribution in [0.1, 0.15) is 6.42 Å². The molecular formula is C19H26N4O6S. The minimum atomic E-state index is -2.90. The van der Waals surface area contributed by atoms with Gasteiger partial charge in [0, 0.05) is 44.0 Å². The predicted molar refractivity (Wildman–Crippen MR) is 110 cm³/mol. The summed E-state index contributed by atoms with van der Waals surface area (Å²) in [7, 11) is -2.90. The fraction of sp³-hybridized carbons (Fsp3) is 0.579. The number of nitrogens with one attached hydrogen (secondary N) is 2. The molecule has 2 fully saturated rings. The van der Waals surface area contributed by atoms with Crippen LogP contribution < -0.4 is 20.1 Å². The first-order chi connectivity index (χ1) is 14.4. The zero-order valence-electron chi connectivity index (χ0n) is 16.6. The van der Waals surface area contributed by atoms with Crippen LogP contribution in [0, 0.1) is 0 Å². The third-order valence-electron chi connectivity index (χ3n) is 5.55. The minimum absolute atomic E-state index is 0.0859. The van der Waals surface area contributed by atoms with Gasteiger partial charge in [-0.3, -0.25) is 19.9 Å². The number of amides is 3. The van der Waals surface area contributed by atoms with E-state index < -0.39 is 15.9 Å². The molecule has 3 heterocycles. The molecule has 2 saturated heterocycles. The van der Waals surface area contributed by atoms with E-state index in [0.717, 1.165) is 13.1 Å². The van der Waals surface area contributed by atoms with E-state index >= 15 is 0 Å². The Kier molecular flexibility index (Phi) is 6.11. The van der Waals surface area contributed by atoms with Crippen LogP contribution in [0.4, 0.5) is 10.5 Å². The molecule has 3 aliphatic heterocycles. The lowest BCUT2D eigenvalue weighted by Gasteiger charge is -2.37. The maximum absolute atomic E-state index is 12.2. The quantitative estimate of drug-likeness (QED) is 0.670. The average Bonchev–Trinajstić information content (AvgIpc) is 3.08. The van der Waals surface area contributed by atoms with Gasteiger partial charge in [0.15, 0.2) is 21.3 Å². The van der Waals surface area contributed by atoms with Gasteiger partial charge in [0.05, 0.1) is 18.1 Å². The smallest absolute Gasteiger partial charge is 0.325 e. The monoisotopic (exact) mass is 438 g/mol. The Morgan fingerprint density at radius 3 is 2.50 bits per heavy atom. The van der Waals surface area contributed by atoms with Crippen LogP contribution in [0.3, 0.4) is 0 Å². The van der Waals surface area contributed by atoms with Crippen LogP contribution in [-0.2, 0) is 14.6 Å². The zero-order chi connectivity index (χ0) is 21.1. The lowest BCUT2D eigenvalue weighted by atomic mass is 10.2. The molecule has 1 atom stereocenters.